The van der Waals surface area contributed by atoms with Gasteiger partial charge in [0, 0.05) is 30.6 Å². The average molecular weight is 277 g/mol. The zero-order valence-electron chi connectivity index (χ0n) is 13.4. The first-order chi connectivity index (χ1) is 9.52. The number of nitrogens with zero attached hydrogens (tertiary/aromatic N) is 2. The molecule has 1 saturated carbocycles. The third-order valence-corrected chi connectivity index (χ3v) is 4.53. The summed E-state index contributed by atoms with van der Waals surface area (Å²) in [7, 11) is 3.75. The van der Waals surface area contributed by atoms with Crippen LogP contribution in [0, 0.1) is 19.8 Å². The van der Waals surface area contributed by atoms with Gasteiger partial charge < -0.3 is 10.1 Å². The number of hydrogen-bond donors (Lipinski definition) is 1. The van der Waals surface area contributed by atoms with Gasteiger partial charge in [0.25, 0.3) is 0 Å². The van der Waals surface area contributed by atoms with E-state index in [9.17, 15) is 0 Å². The van der Waals surface area contributed by atoms with Crippen LogP contribution in [-0.4, -0.2) is 24.1 Å². The number of nitrogens with one attached hydrogen (secondary N) is 1. The van der Waals surface area contributed by atoms with Crippen LogP contribution in [0.4, 0.5) is 0 Å². The summed E-state index contributed by atoms with van der Waals surface area (Å²) in [4.78, 5) is 9.56. The van der Waals surface area contributed by atoms with Crippen LogP contribution in [0.25, 0.3) is 0 Å². The zero-order valence-corrected chi connectivity index (χ0v) is 13.4. The quantitative estimate of drug-likeness (QED) is 0.919. The molecule has 1 aliphatic carbocycles. The standard InChI is InChI=1S/C16H27N3O/c1-11-7-6-8-16(9-11,20-5)15-18-12(2)14(10-17-4)13(3)19-15/h11,17H,6-10H2,1-5H3. The predicted octanol–water partition coefficient (Wildman–Crippen LogP) is 2.86. The smallest absolute Gasteiger partial charge is 0.160 e. The third-order valence-electron chi connectivity index (χ3n) is 4.53. The Hall–Kier alpha value is -1.00. The first kappa shape index (κ1) is 15.4. The monoisotopic (exact) mass is 277 g/mol. The summed E-state index contributed by atoms with van der Waals surface area (Å²) >= 11 is 0. The first-order valence-electron chi connectivity index (χ1n) is 7.56. The molecule has 2 unspecified atom stereocenters. The van der Waals surface area contributed by atoms with E-state index in [0.29, 0.717) is 5.92 Å². The molecule has 1 heterocycles. The minimum absolute atomic E-state index is 0.286. The molecule has 1 aromatic rings. The Balaban J connectivity index is 2.40. The van der Waals surface area contributed by atoms with Gasteiger partial charge in [0.1, 0.15) is 5.60 Å². The van der Waals surface area contributed by atoms with Crippen molar-refractivity contribution in [1.29, 1.82) is 0 Å². The molecule has 112 valence electrons. The molecule has 4 heteroatoms. The lowest BCUT2D eigenvalue weighted by Crippen LogP contribution is -2.36. The van der Waals surface area contributed by atoms with Gasteiger partial charge >= 0.3 is 0 Å². The van der Waals surface area contributed by atoms with Gasteiger partial charge in [-0.2, -0.15) is 0 Å². The lowest BCUT2D eigenvalue weighted by atomic mass is 9.78. The van der Waals surface area contributed by atoms with Crippen molar-refractivity contribution >= 4 is 0 Å². The zero-order chi connectivity index (χ0) is 14.8. The van der Waals surface area contributed by atoms with Gasteiger partial charge in [0.05, 0.1) is 0 Å². The fourth-order valence-electron chi connectivity index (χ4n) is 3.36. The number of rotatable bonds is 4. The second kappa shape index (κ2) is 6.19. The normalized spacial score (nSPS) is 26.8. The van der Waals surface area contributed by atoms with E-state index in [1.165, 1.54) is 18.4 Å². The molecule has 1 N–H and O–H groups in total. The highest BCUT2D eigenvalue weighted by atomic mass is 16.5. The Bertz CT molecular complexity index is 452. The second-order valence-corrected chi connectivity index (χ2v) is 6.13. The molecule has 0 aliphatic heterocycles. The maximum atomic E-state index is 5.90. The number of hydrogen-bond acceptors (Lipinski definition) is 4. The first-order valence-corrected chi connectivity index (χ1v) is 7.56. The molecule has 0 saturated heterocycles. The van der Waals surface area contributed by atoms with Gasteiger partial charge in [-0.3, -0.25) is 0 Å². The molecule has 0 spiro atoms. The summed E-state index contributed by atoms with van der Waals surface area (Å²) in [5.41, 5.74) is 3.05. The molecule has 0 bridgehead atoms. The van der Waals surface area contributed by atoms with E-state index in [4.69, 9.17) is 14.7 Å². The maximum absolute atomic E-state index is 5.90. The second-order valence-electron chi connectivity index (χ2n) is 6.13. The van der Waals surface area contributed by atoms with Crippen molar-refractivity contribution in [2.75, 3.05) is 14.2 Å². The van der Waals surface area contributed by atoms with Crippen LogP contribution < -0.4 is 5.32 Å². The Labute approximate surface area is 122 Å². The molecular weight excluding hydrogens is 250 g/mol. The fourth-order valence-corrected chi connectivity index (χ4v) is 3.36. The highest BCUT2D eigenvalue weighted by molar-refractivity contribution is 5.26. The predicted molar refractivity (Wildman–Crippen MR) is 80.6 cm³/mol. The summed E-state index contributed by atoms with van der Waals surface area (Å²) in [5.74, 6) is 1.55. The summed E-state index contributed by atoms with van der Waals surface area (Å²) in [6.07, 6.45) is 4.52. The van der Waals surface area contributed by atoms with Crippen molar-refractivity contribution in [2.24, 2.45) is 5.92 Å². The Morgan fingerprint density at radius 1 is 1.30 bits per heavy atom. The molecular formula is C16H27N3O. The Morgan fingerprint density at radius 3 is 2.45 bits per heavy atom. The summed E-state index contributed by atoms with van der Waals surface area (Å²) in [5, 5.41) is 3.18. The van der Waals surface area contributed by atoms with Gasteiger partial charge in [0.2, 0.25) is 0 Å². The molecule has 1 aromatic heterocycles. The number of ether oxygens (including phenoxy) is 1. The van der Waals surface area contributed by atoms with Crippen molar-refractivity contribution in [3.63, 3.8) is 0 Å². The molecule has 0 radical (unpaired) electrons. The molecule has 20 heavy (non-hydrogen) atoms. The van der Waals surface area contributed by atoms with Crippen molar-refractivity contribution in [2.45, 2.75) is 58.6 Å². The van der Waals surface area contributed by atoms with E-state index < -0.39 is 0 Å². The topological polar surface area (TPSA) is 47.0 Å². The molecule has 0 aromatic carbocycles. The van der Waals surface area contributed by atoms with Gasteiger partial charge in [-0.15, -0.1) is 0 Å². The summed E-state index contributed by atoms with van der Waals surface area (Å²) in [6.45, 7) is 7.25. The van der Waals surface area contributed by atoms with E-state index >= 15 is 0 Å². The van der Waals surface area contributed by atoms with Crippen LogP contribution in [0.3, 0.4) is 0 Å². The van der Waals surface area contributed by atoms with E-state index in [1.807, 2.05) is 7.05 Å². The van der Waals surface area contributed by atoms with Crippen LogP contribution in [0.15, 0.2) is 0 Å². The highest BCUT2D eigenvalue weighted by Gasteiger charge is 2.39. The van der Waals surface area contributed by atoms with Gasteiger partial charge in [0.15, 0.2) is 5.82 Å². The molecule has 0 amide bonds. The fraction of sp³-hybridized carbons (Fsp3) is 0.750. The minimum atomic E-state index is -0.286. The highest BCUT2D eigenvalue weighted by Crippen LogP contribution is 2.41. The molecule has 4 nitrogen and oxygen atoms in total. The van der Waals surface area contributed by atoms with Gasteiger partial charge in [-0.25, -0.2) is 9.97 Å². The molecule has 2 atom stereocenters. The van der Waals surface area contributed by atoms with Crippen molar-refractivity contribution in [3.05, 3.63) is 22.8 Å². The van der Waals surface area contributed by atoms with E-state index in [0.717, 1.165) is 36.6 Å². The minimum Gasteiger partial charge on any atom is -0.370 e. The van der Waals surface area contributed by atoms with Crippen LogP contribution in [0.2, 0.25) is 0 Å². The van der Waals surface area contributed by atoms with Crippen LogP contribution >= 0.6 is 0 Å². The maximum Gasteiger partial charge on any atom is 0.160 e. The van der Waals surface area contributed by atoms with Crippen LogP contribution in [0.5, 0.6) is 0 Å². The third kappa shape index (κ3) is 2.86. The molecule has 2 rings (SSSR count). The summed E-state index contributed by atoms with van der Waals surface area (Å²) < 4.78 is 5.90. The largest absolute Gasteiger partial charge is 0.370 e. The lowest BCUT2D eigenvalue weighted by Gasteiger charge is -2.38. The van der Waals surface area contributed by atoms with E-state index in [2.05, 4.69) is 26.1 Å². The van der Waals surface area contributed by atoms with E-state index in [1.54, 1.807) is 7.11 Å². The number of aromatic nitrogens is 2. The average Bonchev–Trinajstić information content (AvgIpc) is 2.42. The van der Waals surface area contributed by atoms with Crippen molar-refractivity contribution < 1.29 is 4.74 Å². The van der Waals surface area contributed by atoms with E-state index in [-0.39, 0.29) is 5.60 Å². The lowest BCUT2D eigenvalue weighted by molar-refractivity contribution is -0.0648. The number of aryl methyl sites for hydroxylation is 2. The molecule has 1 fully saturated rings. The van der Waals surface area contributed by atoms with Crippen molar-refractivity contribution in [3.8, 4) is 0 Å². The Morgan fingerprint density at radius 2 is 1.95 bits per heavy atom. The van der Waals surface area contributed by atoms with Crippen molar-refractivity contribution in [1.82, 2.24) is 15.3 Å². The summed E-state index contributed by atoms with van der Waals surface area (Å²) in [6, 6.07) is 0. The van der Waals surface area contributed by atoms with Gasteiger partial charge in [-0.1, -0.05) is 13.3 Å². The molecule has 1 aliphatic rings. The van der Waals surface area contributed by atoms with Crippen LogP contribution in [0.1, 0.15) is 55.4 Å². The van der Waals surface area contributed by atoms with Crippen LogP contribution in [-0.2, 0) is 16.9 Å². The Kier molecular flexibility index (Phi) is 4.76. The van der Waals surface area contributed by atoms with Gasteiger partial charge in [-0.05, 0) is 46.1 Å². The SMILES string of the molecule is CNCc1c(C)nc(C2(OC)CCCC(C)C2)nc1C. The number of methoxy groups -OCH3 is 1.